The van der Waals surface area contributed by atoms with Crippen LogP contribution in [-0.4, -0.2) is 38.4 Å². The van der Waals surface area contributed by atoms with E-state index < -0.39 is 0 Å². The fraction of sp³-hybridized carbons (Fsp3) is 0.692. The molecule has 0 bridgehead atoms. The van der Waals surface area contributed by atoms with Gasteiger partial charge in [0.1, 0.15) is 0 Å². The molecule has 0 aliphatic carbocycles. The van der Waals surface area contributed by atoms with Crippen LogP contribution in [0.1, 0.15) is 78.2 Å². The molecule has 0 radical (unpaired) electrons. The number of aryl methyl sites for hydroxylation is 1. The monoisotopic (exact) mass is 462 g/mol. The summed E-state index contributed by atoms with van der Waals surface area (Å²) in [6, 6.07) is 4.98. The van der Waals surface area contributed by atoms with Crippen LogP contribution in [0.3, 0.4) is 0 Å². The minimum absolute atomic E-state index is 0.235. The molecule has 188 valence electrons. The Bertz CT molecular complexity index is 692. The van der Waals surface area contributed by atoms with Gasteiger partial charge in [-0.3, -0.25) is 0 Å². The Morgan fingerprint density at radius 2 is 1.61 bits per heavy atom. The quantitative estimate of drug-likeness (QED) is 0.217. The molecule has 0 aromatic heterocycles. The Balaban J connectivity index is 2.36. The number of unbranched alkanes of at least 4 members (excludes halogenated alkanes) is 1. The number of nitrogens with one attached hydrogen (secondary N) is 4. The van der Waals surface area contributed by atoms with E-state index in [-0.39, 0.29) is 12.1 Å². The van der Waals surface area contributed by atoms with Crippen LogP contribution in [-0.2, 0) is 4.74 Å². The molecule has 0 saturated heterocycles. The smallest absolute Gasteiger partial charge is 0.319 e. The van der Waals surface area contributed by atoms with Crippen molar-refractivity contribution in [2.24, 2.45) is 11.8 Å². The Kier molecular flexibility index (Phi) is 15.0. The largest absolute Gasteiger partial charge is 0.381 e. The van der Waals surface area contributed by atoms with Gasteiger partial charge in [-0.1, -0.05) is 65.9 Å². The van der Waals surface area contributed by atoms with Crippen LogP contribution in [0.4, 0.5) is 21.0 Å². The van der Waals surface area contributed by atoms with E-state index in [0.29, 0.717) is 42.9 Å². The number of amides is 4. The summed E-state index contributed by atoms with van der Waals surface area (Å²) in [7, 11) is 0. The molecule has 1 rings (SSSR count). The first-order valence-electron chi connectivity index (χ1n) is 12.7. The Morgan fingerprint density at radius 1 is 0.909 bits per heavy atom. The van der Waals surface area contributed by atoms with Gasteiger partial charge in [-0.2, -0.15) is 0 Å². The summed E-state index contributed by atoms with van der Waals surface area (Å²) >= 11 is 0. The molecular formula is C26H46N4O3. The van der Waals surface area contributed by atoms with Gasteiger partial charge in [0.15, 0.2) is 0 Å². The van der Waals surface area contributed by atoms with Gasteiger partial charge in [-0.15, -0.1) is 0 Å². The van der Waals surface area contributed by atoms with Crippen molar-refractivity contribution in [1.82, 2.24) is 10.6 Å². The molecule has 1 atom stereocenters. The summed E-state index contributed by atoms with van der Waals surface area (Å²) < 4.78 is 5.79. The number of urea groups is 2. The van der Waals surface area contributed by atoms with Gasteiger partial charge < -0.3 is 26.0 Å². The summed E-state index contributed by atoms with van der Waals surface area (Å²) in [5.74, 6) is 1.11. The van der Waals surface area contributed by atoms with Gasteiger partial charge >= 0.3 is 12.1 Å². The molecule has 0 aliphatic rings. The van der Waals surface area contributed by atoms with E-state index in [4.69, 9.17) is 4.74 Å². The standard InChI is InChI=1S/C26H46N4O3/c1-6-10-12-22(9-4)19-33-16-11-15-27-25(31)30-24-17-23(14-13-20(24)5)29-26(32)28-18-21(7-2)8-3/h13-14,17,21-22H,6-12,15-16,18-19H2,1-5H3,(H2,27,30,31)(H2,28,29,32). The van der Waals surface area contributed by atoms with Crippen molar-refractivity contribution < 1.29 is 14.3 Å². The normalized spacial score (nSPS) is 11.8. The predicted octanol–water partition coefficient (Wildman–Crippen LogP) is 6.30. The first-order chi connectivity index (χ1) is 15.9. The van der Waals surface area contributed by atoms with E-state index >= 15 is 0 Å². The lowest BCUT2D eigenvalue weighted by molar-refractivity contribution is 0.0925. The van der Waals surface area contributed by atoms with Gasteiger partial charge in [0.2, 0.25) is 0 Å². The highest BCUT2D eigenvalue weighted by Crippen LogP contribution is 2.20. The predicted molar refractivity (Wildman–Crippen MR) is 138 cm³/mol. The molecule has 4 amide bonds. The van der Waals surface area contributed by atoms with E-state index in [1.54, 1.807) is 6.07 Å². The maximum atomic E-state index is 12.3. The van der Waals surface area contributed by atoms with Crippen molar-refractivity contribution in [3.8, 4) is 0 Å². The third-order valence-corrected chi connectivity index (χ3v) is 6.10. The summed E-state index contributed by atoms with van der Waals surface area (Å²) in [4.78, 5) is 24.5. The van der Waals surface area contributed by atoms with Crippen molar-refractivity contribution in [2.45, 2.75) is 79.6 Å². The lowest BCUT2D eigenvalue weighted by Crippen LogP contribution is -2.33. The van der Waals surface area contributed by atoms with E-state index in [1.165, 1.54) is 19.3 Å². The average Bonchev–Trinajstić information content (AvgIpc) is 2.81. The first-order valence-corrected chi connectivity index (χ1v) is 12.7. The second-order valence-corrected chi connectivity index (χ2v) is 8.77. The number of hydrogen-bond donors (Lipinski definition) is 4. The molecular weight excluding hydrogens is 416 g/mol. The van der Waals surface area contributed by atoms with Crippen LogP contribution in [0.25, 0.3) is 0 Å². The van der Waals surface area contributed by atoms with Crippen LogP contribution in [0, 0.1) is 18.8 Å². The zero-order chi connectivity index (χ0) is 24.5. The number of rotatable bonds is 16. The molecule has 1 aromatic carbocycles. The molecule has 7 heteroatoms. The minimum Gasteiger partial charge on any atom is -0.381 e. The van der Waals surface area contributed by atoms with Crippen LogP contribution in [0.15, 0.2) is 18.2 Å². The van der Waals surface area contributed by atoms with Crippen molar-refractivity contribution in [1.29, 1.82) is 0 Å². The fourth-order valence-electron chi connectivity index (χ4n) is 3.51. The summed E-state index contributed by atoms with van der Waals surface area (Å²) in [6.07, 6.45) is 7.69. The average molecular weight is 463 g/mol. The number of carbonyl (C=O) groups is 2. The third-order valence-electron chi connectivity index (χ3n) is 6.10. The number of hydrogen-bond acceptors (Lipinski definition) is 3. The molecule has 33 heavy (non-hydrogen) atoms. The molecule has 1 unspecified atom stereocenters. The molecule has 1 aromatic rings. The molecule has 0 fully saturated rings. The lowest BCUT2D eigenvalue weighted by Gasteiger charge is -2.15. The molecule has 0 heterocycles. The number of benzene rings is 1. The fourth-order valence-corrected chi connectivity index (χ4v) is 3.51. The summed E-state index contributed by atoms with van der Waals surface area (Å²) in [5, 5.41) is 11.5. The highest BCUT2D eigenvalue weighted by Gasteiger charge is 2.10. The summed E-state index contributed by atoms with van der Waals surface area (Å²) in [6.45, 7) is 13.2. The zero-order valence-corrected chi connectivity index (χ0v) is 21.4. The van der Waals surface area contributed by atoms with Crippen molar-refractivity contribution in [3.05, 3.63) is 23.8 Å². The van der Waals surface area contributed by atoms with Gasteiger partial charge in [-0.05, 0) is 49.3 Å². The van der Waals surface area contributed by atoms with Crippen molar-refractivity contribution in [3.63, 3.8) is 0 Å². The van der Waals surface area contributed by atoms with Gasteiger partial charge in [-0.25, -0.2) is 9.59 Å². The Morgan fingerprint density at radius 3 is 2.27 bits per heavy atom. The number of carbonyl (C=O) groups excluding carboxylic acids is 2. The SMILES string of the molecule is CCCCC(CC)COCCCNC(=O)Nc1cc(NC(=O)NCC(CC)CC)ccc1C. The van der Waals surface area contributed by atoms with Gasteiger partial charge in [0.05, 0.1) is 0 Å². The van der Waals surface area contributed by atoms with E-state index in [9.17, 15) is 9.59 Å². The van der Waals surface area contributed by atoms with E-state index in [2.05, 4.69) is 49.0 Å². The van der Waals surface area contributed by atoms with Crippen molar-refractivity contribution >= 4 is 23.4 Å². The Labute approximate surface area is 200 Å². The van der Waals surface area contributed by atoms with Gasteiger partial charge in [0.25, 0.3) is 0 Å². The van der Waals surface area contributed by atoms with E-state index in [1.807, 2.05) is 19.1 Å². The third kappa shape index (κ3) is 12.5. The van der Waals surface area contributed by atoms with Crippen LogP contribution in [0.2, 0.25) is 0 Å². The highest BCUT2D eigenvalue weighted by molar-refractivity contribution is 5.93. The molecule has 0 aliphatic heterocycles. The van der Waals surface area contributed by atoms with Crippen LogP contribution in [0.5, 0.6) is 0 Å². The molecule has 0 saturated carbocycles. The van der Waals surface area contributed by atoms with E-state index in [0.717, 1.165) is 37.9 Å². The zero-order valence-electron chi connectivity index (χ0n) is 21.4. The summed E-state index contributed by atoms with van der Waals surface area (Å²) in [5.41, 5.74) is 2.23. The van der Waals surface area contributed by atoms with Crippen LogP contribution >= 0.6 is 0 Å². The molecule has 4 N–H and O–H groups in total. The number of ether oxygens (including phenoxy) is 1. The minimum atomic E-state index is -0.261. The molecule has 7 nitrogen and oxygen atoms in total. The lowest BCUT2D eigenvalue weighted by atomic mass is 10.0. The van der Waals surface area contributed by atoms with Gasteiger partial charge in [0, 0.05) is 37.7 Å². The second kappa shape index (κ2) is 17.2. The number of anilines is 2. The first kappa shape index (κ1) is 28.8. The van der Waals surface area contributed by atoms with Crippen molar-refractivity contribution in [2.75, 3.05) is 36.9 Å². The maximum Gasteiger partial charge on any atom is 0.319 e. The topological polar surface area (TPSA) is 91.5 Å². The Hall–Kier alpha value is -2.28. The highest BCUT2D eigenvalue weighted by atomic mass is 16.5. The molecule has 0 spiro atoms. The van der Waals surface area contributed by atoms with Crippen LogP contribution < -0.4 is 21.3 Å². The second-order valence-electron chi connectivity index (χ2n) is 8.77. The maximum absolute atomic E-state index is 12.3.